The summed E-state index contributed by atoms with van der Waals surface area (Å²) in [4.78, 5) is 21.5. The van der Waals surface area contributed by atoms with Gasteiger partial charge in [-0.2, -0.15) is 0 Å². The van der Waals surface area contributed by atoms with Crippen LogP contribution >= 0.6 is 0 Å². The number of aromatic hydroxyl groups is 1. The van der Waals surface area contributed by atoms with Crippen LogP contribution in [0.1, 0.15) is 35.0 Å². The Morgan fingerprint density at radius 3 is 2.56 bits per heavy atom. The molecule has 1 aromatic heterocycles. The van der Waals surface area contributed by atoms with Gasteiger partial charge in [0, 0.05) is 56.8 Å². The summed E-state index contributed by atoms with van der Waals surface area (Å²) in [5, 5.41) is 12.4. The van der Waals surface area contributed by atoms with Crippen LogP contribution in [0.25, 0.3) is 6.08 Å². The Hall–Kier alpha value is -3.84. The summed E-state index contributed by atoms with van der Waals surface area (Å²) in [7, 11) is 0. The molecule has 1 fully saturated rings. The summed E-state index contributed by atoms with van der Waals surface area (Å²) in [5.41, 5.74) is 6.87. The summed E-state index contributed by atoms with van der Waals surface area (Å²) in [6.07, 6.45) is 7.01. The molecular weight excluding hydrogens is 450 g/mol. The van der Waals surface area contributed by atoms with Crippen LogP contribution in [0.2, 0.25) is 0 Å². The Balaban J connectivity index is 1.30. The van der Waals surface area contributed by atoms with Crippen molar-refractivity contribution in [3.8, 4) is 5.75 Å². The number of imidazole rings is 1. The molecule has 0 bridgehead atoms. The van der Waals surface area contributed by atoms with E-state index >= 15 is 0 Å². The number of hydrogen-bond donors (Lipinski definition) is 2. The molecule has 7 heteroatoms. The SMILES string of the molecule is C=C1CC(N2CCN(C(=O)Nc3ccc(O)cc3)CC2)c2ccc(C)cc2C=C1Cn1ccnc1C. The van der Waals surface area contributed by atoms with Gasteiger partial charge in [0.1, 0.15) is 11.6 Å². The minimum atomic E-state index is -0.110. The number of carbonyl (C=O) groups is 1. The number of rotatable bonds is 4. The monoisotopic (exact) mass is 483 g/mol. The standard InChI is InChI=1S/C29H33N5O2/c1-20-4-9-27-23(16-20)18-24(19-34-11-10-30-22(34)3)21(2)17-28(27)32-12-14-33(15-13-32)29(36)31-25-5-7-26(35)8-6-25/h4-11,16,18,28,35H,2,12-15,17,19H2,1,3H3,(H,31,36). The topological polar surface area (TPSA) is 73.6 Å². The van der Waals surface area contributed by atoms with E-state index < -0.39 is 0 Å². The molecule has 0 saturated carbocycles. The van der Waals surface area contributed by atoms with Gasteiger partial charge in [-0.25, -0.2) is 9.78 Å². The third-order valence-corrected chi connectivity index (χ3v) is 7.25. The summed E-state index contributed by atoms with van der Waals surface area (Å²) < 4.78 is 2.16. The second-order valence-electron chi connectivity index (χ2n) is 9.73. The van der Waals surface area contributed by atoms with Crippen molar-refractivity contribution < 1.29 is 9.90 Å². The number of allylic oxidation sites excluding steroid dienone is 1. The molecule has 36 heavy (non-hydrogen) atoms. The van der Waals surface area contributed by atoms with Crippen LogP contribution in [0.3, 0.4) is 0 Å². The van der Waals surface area contributed by atoms with Gasteiger partial charge in [0.2, 0.25) is 0 Å². The normalized spacial score (nSPS) is 18.4. The van der Waals surface area contributed by atoms with E-state index in [0.717, 1.165) is 37.5 Å². The predicted molar refractivity (Wildman–Crippen MR) is 143 cm³/mol. The summed E-state index contributed by atoms with van der Waals surface area (Å²) >= 11 is 0. The van der Waals surface area contributed by atoms with Crippen molar-refractivity contribution in [1.29, 1.82) is 0 Å². The lowest BCUT2D eigenvalue weighted by Gasteiger charge is -2.40. The molecule has 1 aliphatic carbocycles. The molecule has 186 valence electrons. The summed E-state index contributed by atoms with van der Waals surface area (Å²) in [6, 6.07) is 13.4. The molecule has 3 aromatic rings. The molecule has 1 saturated heterocycles. The van der Waals surface area contributed by atoms with E-state index in [4.69, 9.17) is 0 Å². The maximum absolute atomic E-state index is 12.8. The smallest absolute Gasteiger partial charge is 0.321 e. The zero-order valence-electron chi connectivity index (χ0n) is 20.9. The number of nitrogens with zero attached hydrogens (tertiary/aromatic N) is 4. The second kappa shape index (κ2) is 10.0. The van der Waals surface area contributed by atoms with E-state index in [2.05, 4.69) is 57.5 Å². The van der Waals surface area contributed by atoms with E-state index in [9.17, 15) is 9.90 Å². The van der Waals surface area contributed by atoms with Crippen molar-refractivity contribution in [1.82, 2.24) is 19.4 Å². The highest BCUT2D eigenvalue weighted by Crippen LogP contribution is 2.38. The zero-order chi connectivity index (χ0) is 25.2. The second-order valence-corrected chi connectivity index (χ2v) is 9.73. The van der Waals surface area contributed by atoms with Gasteiger partial charge in [-0.1, -0.05) is 30.3 Å². The Kier molecular flexibility index (Phi) is 6.65. The van der Waals surface area contributed by atoms with Crippen LogP contribution in [0.5, 0.6) is 5.75 Å². The minimum absolute atomic E-state index is 0.110. The van der Waals surface area contributed by atoms with Crippen LogP contribution in [0, 0.1) is 13.8 Å². The first-order chi connectivity index (χ1) is 17.4. The van der Waals surface area contributed by atoms with Gasteiger partial charge < -0.3 is 19.9 Å². The number of benzene rings is 2. The fraction of sp³-hybridized carbons (Fsp3) is 0.310. The molecule has 0 radical (unpaired) electrons. The summed E-state index contributed by atoms with van der Waals surface area (Å²) in [5.74, 6) is 1.18. The number of piperazine rings is 1. The van der Waals surface area contributed by atoms with Gasteiger partial charge in [-0.15, -0.1) is 0 Å². The molecule has 1 atom stereocenters. The quantitative estimate of drug-likeness (QED) is 0.504. The lowest BCUT2D eigenvalue weighted by molar-refractivity contribution is 0.113. The highest BCUT2D eigenvalue weighted by Gasteiger charge is 2.30. The Morgan fingerprint density at radius 2 is 1.86 bits per heavy atom. The number of anilines is 1. The molecule has 0 spiro atoms. The number of aromatic nitrogens is 2. The third kappa shape index (κ3) is 5.06. The van der Waals surface area contributed by atoms with Gasteiger partial charge in [0.05, 0.1) is 0 Å². The molecular formula is C29H33N5O2. The van der Waals surface area contributed by atoms with Crippen LogP contribution in [-0.2, 0) is 6.54 Å². The average molecular weight is 484 g/mol. The number of nitrogens with one attached hydrogen (secondary N) is 1. The van der Waals surface area contributed by atoms with Crippen LogP contribution in [-0.4, -0.2) is 56.7 Å². The van der Waals surface area contributed by atoms with Gasteiger partial charge in [-0.3, -0.25) is 4.90 Å². The van der Waals surface area contributed by atoms with Gasteiger partial charge in [0.15, 0.2) is 0 Å². The lowest BCUT2D eigenvalue weighted by Crippen LogP contribution is -2.51. The maximum Gasteiger partial charge on any atom is 0.321 e. The fourth-order valence-corrected chi connectivity index (χ4v) is 5.11. The maximum atomic E-state index is 12.8. The predicted octanol–water partition coefficient (Wildman–Crippen LogP) is 5.14. The minimum Gasteiger partial charge on any atom is -0.508 e. The van der Waals surface area contributed by atoms with Crippen molar-refractivity contribution in [2.24, 2.45) is 0 Å². The highest BCUT2D eigenvalue weighted by molar-refractivity contribution is 5.89. The van der Waals surface area contributed by atoms with Crippen LogP contribution in [0.15, 0.2) is 72.6 Å². The van der Waals surface area contributed by atoms with Crippen LogP contribution < -0.4 is 5.32 Å². The number of aryl methyl sites for hydroxylation is 2. The molecule has 1 aliphatic heterocycles. The molecule has 2 amide bonds. The molecule has 2 N–H and O–H groups in total. The third-order valence-electron chi connectivity index (χ3n) is 7.25. The molecule has 2 aliphatic rings. The molecule has 2 heterocycles. The number of phenols is 1. The first kappa shape index (κ1) is 23.9. The van der Waals surface area contributed by atoms with Crippen LogP contribution in [0.4, 0.5) is 10.5 Å². The zero-order valence-corrected chi connectivity index (χ0v) is 20.9. The number of hydrogen-bond acceptors (Lipinski definition) is 4. The van der Waals surface area contributed by atoms with Crippen molar-refractivity contribution >= 4 is 17.8 Å². The lowest BCUT2D eigenvalue weighted by atomic mass is 9.94. The van der Waals surface area contributed by atoms with Crippen molar-refractivity contribution in [3.05, 3.63) is 95.1 Å². The number of amides is 2. The fourth-order valence-electron chi connectivity index (χ4n) is 5.11. The Labute approximate surface area is 212 Å². The van der Waals surface area contributed by atoms with E-state index in [1.807, 2.05) is 24.2 Å². The van der Waals surface area contributed by atoms with Crippen molar-refractivity contribution in [2.75, 3.05) is 31.5 Å². The molecule has 7 nitrogen and oxygen atoms in total. The molecule has 5 rings (SSSR count). The van der Waals surface area contributed by atoms with Gasteiger partial charge >= 0.3 is 6.03 Å². The van der Waals surface area contributed by atoms with Crippen molar-refractivity contribution in [3.63, 3.8) is 0 Å². The number of phenolic OH excluding ortho intramolecular Hbond substituents is 1. The van der Waals surface area contributed by atoms with Gasteiger partial charge in [-0.05, 0) is 72.9 Å². The average Bonchev–Trinajstić information content (AvgIpc) is 3.22. The number of carbonyl (C=O) groups excluding carboxylic acids is 1. The van der Waals surface area contributed by atoms with E-state index in [1.165, 1.54) is 22.3 Å². The first-order valence-electron chi connectivity index (χ1n) is 12.4. The summed E-state index contributed by atoms with van der Waals surface area (Å²) in [6.45, 7) is 12.3. The molecule has 2 aromatic carbocycles. The number of urea groups is 1. The Bertz CT molecular complexity index is 1300. The Morgan fingerprint density at radius 1 is 1.11 bits per heavy atom. The van der Waals surface area contributed by atoms with Crippen molar-refractivity contribution in [2.45, 2.75) is 32.9 Å². The molecule has 1 unspecified atom stereocenters. The van der Waals surface area contributed by atoms with E-state index in [-0.39, 0.29) is 17.8 Å². The van der Waals surface area contributed by atoms with E-state index in [0.29, 0.717) is 18.8 Å². The first-order valence-corrected chi connectivity index (χ1v) is 12.4. The highest BCUT2D eigenvalue weighted by atomic mass is 16.3. The van der Waals surface area contributed by atoms with E-state index in [1.54, 1.807) is 24.3 Å². The van der Waals surface area contributed by atoms with Gasteiger partial charge in [0.25, 0.3) is 0 Å². The number of fused-ring (bicyclic) bond motifs is 1. The largest absolute Gasteiger partial charge is 0.508 e.